The molecular weight excluding hydrogens is 227 g/mol. The average molecular weight is 244 g/mol. The molecule has 0 saturated heterocycles. The second-order valence-electron chi connectivity index (χ2n) is 4.52. The highest BCUT2D eigenvalue weighted by molar-refractivity contribution is 5.66. The van der Waals surface area contributed by atoms with Crippen LogP contribution in [0.25, 0.3) is 0 Å². The zero-order valence-corrected chi connectivity index (χ0v) is 10.6. The zero-order valence-electron chi connectivity index (χ0n) is 10.6. The average Bonchev–Trinajstić information content (AvgIpc) is 2.32. The zero-order chi connectivity index (χ0) is 13.1. The van der Waals surface area contributed by atoms with Crippen molar-refractivity contribution in [2.45, 2.75) is 20.4 Å². The molecule has 0 amide bonds. The van der Waals surface area contributed by atoms with Gasteiger partial charge in [-0.05, 0) is 43.2 Å². The van der Waals surface area contributed by atoms with Crippen LogP contribution in [0.2, 0.25) is 0 Å². The lowest BCUT2D eigenvalue weighted by Gasteiger charge is -2.11. The first kappa shape index (κ1) is 12.4. The molecular formula is C15H17FN2. The Balaban J connectivity index is 2.13. The SMILES string of the molecule is Cc1ccc(C)c(CNc2ccc(F)cc2N)c1. The van der Waals surface area contributed by atoms with Gasteiger partial charge in [0.05, 0.1) is 11.4 Å². The molecule has 0 aromatic heterocycles. The van der Waals surface area contributed by atoms with Gasteiger partial charge in [-0.1, -0.05) is 23.8 Å². The summed E-state index contributed by atoms with van der Waals surface area (Å²) in [5, 5.41) is 3.23. The summed E-state index contributed by atoms with van der Waals surface area (Å²) in [6.45, 7) is 4.82. The number of nitrogens with two attached hydrogens (primary N) is 1. The molecule has 0 fully saturated rings. The number of benzene rings is 2. The normalized spacial score (nSPS) is 10.4. The molecule has 2 rings (SSSR count). The molecule has 0 saturated carbocycles. The van der Waals surface area contributed by atoms with Crippen molar-refractivity contribution >= 4 is 11.4 Å². The van der Waals surface area contributed by atoms with Gasteiger partial charge in [-0.15, -0.1) is 0 Å². The molecule has 2 aromatic rings. The van der Waals surface area contributed by atoms with E-state index in [1.807, 2.05) is 0 Å². The van der Waals surface area contributed by atoms with Crippen molar-refractivity contribution in [2.75, 3.05) is 11.1 Å². The molecule has 0 aliphatic rings. The van der Waals surface area contributed by atoms with Crippen LogP contribution in [0.5, 0.6) is 0 Å². The lowest BCUT2D eigenvalue weighted by molar-refractivity contribution is 0.628. The number of rotatable bonds is 3. The maximum Gasteiger partial charge on any atom is 0.125 e. The molecule has 94 valence electrons. The van der Waals surface area contributed by atoms with Gasteiger partial charge in [0.2, 0.25) is 0 Å². The molecule has 2 aromatic carbocycles. The summed E-state index contributed by atoms with van der Waals surface area (Å²) in [4.78, 5) is 0. The highest BCUT2D eigenvalue weighted by atomic mass is 19.1. The first-order valence-electron chi connectivity index (χ1n) is 5.91. The molecule has 0 aliphatic carbocycles. The Morgan fingerprint density at radius 3 is 2.61 bits per heavy atom. The van der Waals surface area contributed by atoms with E-state index in [0.717, 1.165) is 5.69 Å². The fraction of sp³-hybridized carbons (Fsp3) is 0.200. The summed E-state index contributed by atoms with van der Waals surface area (Å²) in [5.41, 5.74) is 10.6. The van der Waals surface area contributed by atoms with Gasteiger partial charge in [0.15, 0.2) is 0 Å². The lowest BCUT2D eigenvalue weighted by atomic mass is 10.1. The third-order valence-electron chi connectivity index (χ3n) is 2.99. The Bertz CT molecular complexity index is 564. The minimum absolute atomic E-state index is 0.315. The van der Waals surface area contributed by atoms with Gasteiger partial charge in [0.1, 0.15) is 5.82 Å². The highest BCUT2D eigenvalue weighted by Gasteiger charge is 2.02. The van der Waals surface area contributed by atoms with Crippen LogP contribution in [-0.4, -0.2) is 0 Å². The van der Waals surface area contributed by atoms with Crippen molar-refractivity contribution in [1.29, 1.82) is 0 Å². The molecule has 3 N–H and O–H groups in total. The van der Waals surface area contributed by atoms with Crippen LogP contribution >= 0.6 is 0 Å². The van der Waals surface area contributed by atoms with Crippen LogP contribution in [0.15, 0.2) is 36.4 Å². The Morgan fingerprint density at radius 1 is 1.11 bits per heavy atom. The summed E-state index contributed by atoms with van der Waals surface area (Å²) in [5.74, 6) is -0.315. The van der Waals surface area contributed by atoms with Crippen molar-refractivity contribution in [2.24, 2.45) is 0 Å². The van der Waals surface area contributed by atoms with E-state index in [1.165, 1.54) is 28.8 Å². The number of nitrogen functional groups attached to an aromatic ring is 1. The smallest absolute Gasteiger partial charge is 0.125 e. The van der Waals surface area contributed by atoms with Crippen LogP contribution in [0, 0.1) is 19.7 Å². The van der Waals surface area contributed by atoms with E-state index in [4.69, 9.17) is 5.73 Å². The maximum atomic E-state index is 12.9. The quantitative estimate of drug-likeness (QED) is 0.809. The third-order valence-corrected chi connectivity index (χ3v) is 2.99. The largest absolute Gasteiger partial charge is 0.397 e. The number of halogens is 1. The molecule has 3 heteroatoms. The molecule has 2 nitrogen and oxygen atoms in total. The van der Waals surface area contributed by atoms with E-state index in [1.54, 1.807) is 6.07 Å². The van der Waals surface area contributed by atoms with E-state index >= 15 is 0 Å². The van der Waals surface area contributed by atoms with Gasteiger partial charge in [-0.2, -0.15) is 0 Å². The van der Waals surface area contributed by atoms with Crippen molar-refractivity contribution in [3.63, 3.8) is 0 Å². The second-order valence-corrected chi connectivity index (χ2v) is 4.52. The van der Waals surface area contributed by atoms with Crippen molar-refractivity contribution < 1.29 is 4.39 Å². The van der Waals surface area contributed by atoms with Gasteiger partial charge < -0.3 is 11.1 Å². The van der Waals surface area contributed by atoms with E-state index in [0.29, 0.717) is 12.2 Å². The molecule has 0 heterocycles. The van der Waals surface area contributed by atoms with E-state index in [-0.39, 0.29) is 5.82 Å². The predicted octanol–water partition coefficient (Wildman–Crippen LogP) is 3.64. The lowest BCUT2D eigenvalue weighted by Crippen LogP contribution is -2.04. The predicted molar refractivity (Wildman–Crippen MR) is 74.1 cm³/mol. The number of hydrogen-bond acceptors (Lipinski definition) is 2. The monoisotopic (exact) mass is 244 g/mol. The number of hydrogen-bond donors (Lipinski definition) is 2. The first-order valence-corrected chi connectivity index (χ1v) is 5.91. The minimum atomic E-state index is -0.315. The fourth-order valence-electron chi connectivity index (χ4n) is 1.88. The highest BCUT2D eigenvalue weighted by Crippen LogP contribution is 2.20. The molecule has 18 heavy (non-hydrogen) atoms. The van der Waals surface area contributed by atoms with Gasteiger partial charge >= 0.3 is 0 Å². The van der Waals surface area contributed by atoms with Gasteiger partial charge in [0.25, 0.3) is 0 Å². The summed E-state index contributed by atoms with van der Waals surface area (Å²) < 4.78 is 12.9. The molecule has 0 radical (unpaired) electrons. The Kier molecular flexibility index (Phi) is 3.51. The number of aryl methyl sites for hydroxylation is 2. The van der Waals surface area contributed by atoms with E-state index in [9.17, 15) is 4.39 Å². The first-order chi connectivity index (χ1) is 8.56. The van der Waals surface area contributed by atoms with Crippen LogP contribution < -0.4 is 11.1 Å². The summed E-state index contributed by atoms with van der Waals surface area (Å²) in [6, 6.07) is 10.7. The Labute approximate surface area is 107 Å². The summed E-state index contributed by atoms with van der Waals surface area (Å²) in [6.07, 6.45) is 0. The fourth-order valence-corrected chi connectivity index (χ4v) is 1.88. The van der Waals surface area contributed by atoms with Gasteiger partial charge in [-0.25, -0.2) is 4.39 Å². The van der Waals surface area contributed by atoms with Gasteiger partial charge in [0, 0.05) is 6.54 Å². The van der Waals surface area contributed by atoms with Crippen molar-refractivity contribution in [3.05, 3.63) is 58.9 Å². The molecule has 0 atom stereocenters. The standard InChI is InChI=1S/C15H17FN2/c1-10-3-4-11(2)12(7-10)9-18-15-6-5-13(16)8-14(15)17/h3-8,18H,9,17H2,1-2H3. The maximum absolute atomic E-state index is 12.9. The molecule has 0 bridgehead atoms. The van der Waals surface area contributed by atoms with Crippen LogP contribution in [0.3, 0.4) is 0 Å². The molecule has 0 aliphatic heterocycles. The third kappa shape index (κ3) is 2.80. The van der Waals surface area contributed by atoms with Crippen LogP contribution in [0.1, 0.15) is 16.7 Å². The second kappa shape index (κ2) is 5.08. The minimum Gasteiger partial charge on any atom is -0.397 e. The topological polar surface area (TPSA) is 38.0 Å². The Hall–Kier alpha value is -2.03. The van der Waals surface area contributed by atoms with Crippen LogP contribution in [-0.2, 0) is 6.54 Å². The number of anilines is 2. The Morgan fingerprint density at radius 2 is 1.89 bits per heavy atom. The molecule has 0 spiro atoms. The van der Waals surface area contributed by atoms with E-state index in [2.05, 4.69) is 37.4 Å². The number of nitrogens with one attached hydrogen (secondary N) is 1. The van der Waals surface area contributed by atoms with Crippen LogP contribution in [0.4, 0.5) is 15.8 Å². The summed E-state index contributed by atoms with van der Waals surface area (Å²) in [7, 11) is 0. The van der Waals surface area contributed by atoms with Crippen molar-refractivity contribution in [3.8, 4) is 0 Å². The van der Waals surface area contributed by atoms with Crippen molar-refractivity contribution in [1.82, 2.24) is 0 Å². The van der Waals surface area contributed by atoms with E-state index < -0.39 is 0 Å². The van der Waals surface area contributed by atoms with Gasteiger partial charge in [-0.3, -0.25) is 0 Å². The molecule has 0 unspecified atom stereocenters. The summed E-state index contributed by atoms with van der Waals surface area (Å²) >= 11 is 0.